The van der Waals surface area contributed by atoms with Gasteiger partial charge in [0.1, 0.15) is 40.2 Å². The van der Waals surface area contributed by atoms with Crippen molar-refractivity contribution in [1.29, 1.82) is 0 Å². The van der Waals surface area contributed by atoms with E-state index < -0.39 is 0 Å². The molecule has 0 heterocycles. The standard InChI is InChI=1S/C20H14O3.C10H7BrO.C10H8O2.CH2O3.CH4.2K.H/c21-17-5-1-15-11-19(7-3-13(15)9-17)23-20-8-4-14-10-18(22)6-2-16(14)12-20;11-9-3-1-8-6-10(12)4-2-7(8)5-9;11-9-3-1-7-5-10(12)4-2-8(7)6-9;2-1-4-3;;;;/h1-12,21-22H;1-6,12H;1-6,11-12H;1,3H;1H4;;;/q;;;;;2*+1;-1/p-1. The molecule has 0 bridgehead atoms. The van der Waals surface area contributed by atoms with Gasteiger partial charge >= 0.3 is 103 Å². The number of carbonyl (C=O) groups is 1. The number of benzene rings is 8. The van der Waals surface area contributed by atoms with Crippen molar-refractivity contribution in [3.05, 3.63) is 150 Å². The fraction of sp³-hybridized carbons (Fsp3) is 0.0238. The summed E-state index contributed by atoms with van der Waals surface area (Å²) in [5.74, 6) is 2.78. The van der Waals surface area contributed by atoms with Gasteiger partial charge in [0.2, 0.25) is 0 Å². The van der Waals surface area contributed by atoms with E-state index in [-0.39, 0.29) is 141 Å². The zero-order chi connectivity index (χ0) is 36.3. The van der Waals surface area contributed by atoms with Gasteiger partial charge in [-0.1, -0.05) is 71.9 Å². The van der Waals surface area contributed by atoms with Crippen molar-refractivity contribution in [3.63, 3.8) is 0 Å². The van der Waals surface area contributed by atoms with Gasteiger partial charge in [-0.05, 0) is 140 Å². The van der Waals surface area contributed by atoms with Crippen molar-refractivity contribution in [2.45, 2.75) is 7.43 Å². The summed E-state index contributed by atoms with van der Waals surface area (Å²) in [4.78, 5) is 11.2. The van der Waals surface area contributed by atoms with Crippen LogP contribution in [0.2, 0.25) is 0 Å². The Labute approximate surface area is 406 Å². The van der Waals surface area contributed by atoms with E-state index in [0.717, 1.165) is 59.1 Å². The number of phenols is 5. The smallest absolute Gasteiger partial charge is 1.00 e. The number of ether oxygens (including phenoxy) is 1. The van der Waals surface area contributed by atoms with E-state index in [0.29, 0.717) is 5.75 Å². The Kier molecular flexibility index (Phi) is 20.0. The molecule has 8 aromatic rings. The molecule has 0 saturated heterocycles. The predicted molar refractivity (Wildman–Crippen MR) is 207 cm³/mol. The van der Waals surface area contributed by atoms with Gasteiger partial charge in [-0.3, -0.25) is 4.79 Å². The second kappa shape index (κ2) is 23.0. The summed E-state index contributed by atoms with van der Waals surface area (Å²) in [6.07, 6.45) is 0. The molecular weight excluding hydrogens is 807 g/mol. The van der Waals surface area contributed by atoms with E-state index in [9.17, 15) is 15.3 Å². The molecule has 8 rings (SSSR count). The van der Waals surface area contributed by atoms with Gasteiger partial charge in [0.25, 0.3) is 6.47 Å². The summed E-state index contributed by atoms with van der Waals surface area (Å²) in [5, 5.41) is 62.9. The number of rotatable bonds is 3. The van der Waals surface area contributed by atoms with Crippen molar-refractivity contribution in [3.8, 4) is 40.2 Å². The Bertz CT molecular complexity index is 2220. The fourth-order valence-corrected chi connectivity index (χ4v) is 5.49. The van der Waals surface area contributed by atoms with Gasteiger partial charge in [0.15, 0.2) is 0 Å². The molecule has 0 spiro atoms. The average Bonchev–Trinajstić information content (AvgIpc) is 3.12. The molecule has 0 unspecified atom stereocenters. The monoisotopic (exact) mass is 840 g/mol. The van der Waals surface area contributed by atoms with Crippen LogP contribution >= 0.6 is 15.9 Å². The third-order valence-corrected chi connectivity index (χ3v) is 7.95. The van der Waals surface area contributed by atoms with Gasteiger partial charge in [-0.15, -0.1) is 0 Å². The zero-order valence-corrected chi connectivity index (χ0v) is 36.5. The fourth-order valence-electron chi connectivity index (χ4n) is 5.11. The van der Waals surface area contributed by atoms with Gasteiger partial charge < -0.3 is 41.8 Å². The first-order chi connectivity index (χ1) is 24.6. The molecule has 12 heteroatoms. The minimum absolute atomic E-state index is 0. The SMILES string of the molecule is C.O=CO[O-].Oc1ccc2cc(Br)ccc2c1.Oc1ccc2cc(O)ccc2c1.Oc1ccc2cc(Oc3ccc4cc(O)ccc4c3)ccc2c1.[H-].[K+].[K+]. The molecule has 0 saturated carbocycles. The van der Waals surface area contributed by atoms with Gasteiger partial charge in [-0.25, -0.2) is 0 Å². The van der Waals surface area contributed by atoms with Crippen LogP contribution < -0.4 is 113 Å². The summed E-state index contributed by atoms with van der Waals surface area (Å²) in [6.45, 7) is -0.181. The van der Waals surface area contributed by atoms with Crippen LogP contribution in [0.5, 0.6) is 40.2 Å². The number of halogens is 1. The molecule has 8 aromatic carbocycles. The van der Waals surface area contributed by atoms with Crippen LogP contribution in [0.25, 0.3) is 43.1 Å². The largest absolute Gasteiger partial charge is 1.00 e. The Hall–Kier alpha value is -3.22. The Balaban J connectivity index is 0.000000406. The molecule has 54 heavy (non-hydrogen) atoms. The molecule has 0 radical (unpaired) electrons. The van der Waals surface area contributed by atoms with Crippen LogP contribution in [-0.4, -0.2) is 32.0 Å². The molecule has 0 aliphatic carbocycles. The molecule has 0 atom stereocenters. The predicted octanol–water partition coefficient (Wildman–Crippen LogP) is 3.95. The van der Waals surface area contributed by atoms with Crippen molar-refractivity contribution in [2.75, 3.05) is 0 Å². The summed E-state index contributed by atoms with van der Waals surface area (Å²) < 4.78 is 6.99. The van der Waals surface area contributed by atoms with E-state index in [4.69, 9.17) is 25.0 Å². The van der Waals surface area contributed by atoms with E-state index in [1.807, 2.05) is 72.8 Å². The molecule has 9 nitrogen and oxygen atoms in total. The number of hydrogen-bond acceptors (Lipinski definition) is 9. The topological polar surface area (TPSA) is 160 Å². The first-order valence-corrected chi connectivity index (χ1v) is 16.1. The van der Waals surface area contributed by atoms with Crippen molar-refractivity contribution >= 4 is 65.5 Å². The third-order valence-electron chi connectivity index (χ3n) is 7.46. The van der Waals surface area contributed by atoms with Crippen LogP contribution in [0.15, 0.2) is 150 Å². The van der Waals surface area contributed by atoms with E-state index in [1.165, 1.54) is 0 Å². The van der Waals surface area contributed by atoms with E-state index in [1.54, 1.807) is 72.8 Å². The van der Waals surface area contributed by atoms with Crippen LogP contribution in [0.4, 0.5) is 0 Å². The van der Waals surface area contributed by atoms with E-state index in [2.05, 4.69) is 20.8 Å². The van der Waals surface area contributed by atoms with Crippen LogP contribution in [0, 0.1) is 0 Å². The molecule has 0 aliphatic rings. The second-order valence-electron chi connectivity index (χ2n) is 11.1. The van der Waals surface area contributed by atoms with Crippen LogP contribution in [-0.2, 0) is 9.68 Å². The maximum atomic E-state index is 9.51. The summed E-state index contributed by atoms with van der Waals surface area (Å²) in [7, 11) is 0. The van der Waals surface area contributed by atoms with Gasteiger partial charge in [0, 0.05) is 4.47 Å². The minimum Gasteiger partial charge on any atom is -1.00 e. The molecule has 0 fully saturated rings. The van der Waals surface area contributed by atoms with Crippen molar-refractivity contribution in [2.24, 2.45) is 0 Å². The molecule has 266 valence electrons. The Morgan fingerprint density at radius 3 is 0.981 bits per heavy atom. The Morgan fingerprint density at radius 2 is 0.685 bits per heavy atom. The molecule has 5 N–H and O–H groups in total. The van der Waals surface area contributed by atoms with Gasteiger partial charge in [-0.2, -0.15) is 0 Å². The Morgan fingerprint density at radius 1 is 0.444 bits per heavy atom. The normalized spacial score (nSPS) is 9.67. The number of phenolic OH excluding ortho intramolecular Hbond substituents is 5. The first-order valence-electron chi connectivity index (χ1n) is 15.3. The summed E-state index contributed by atoms with van der Waals surface area (Å²) >= 11 is 3.39. The molecular formula is C42H35BrK2O9. The molecule has 0 amide bonds. The minimum atomic E-state index is -0.181. The molecule has 0 aliphatic heterocycles. The van der Waals surface area contributed by atoms with Crippen molar-refractivity contribution in [1.82, 2.24) is 0 Å². The number of fused-ring (bicyclic) bond motifs is 4. The molecule has 0 aromatic heterocycles. The maximum absolute atomic E-state index is 9.51. The number of aromatic hydroxyl groups is 5. The van der Waals surface area contributed by atoms with Gasteiger partial charge in [0.05, 0.1) is 0 Å². The average molecular weight is 842 g/mol. The summed E-state index contributed by atoms with van der Waals surface area (Å²) in [5.41, 5.74) is 0. The maximum Gasteiger partial charge on any atom is 1.00 e. The second-order valence-corrected chi connectivity index (χ2v) is 12.0. The quantitative estimate of drug-likeness (QED) is 0.0769. The first kappa shape index (κ1) is 46.9. The van der Waals surface area contributed by atoms with Crippen LogP contribution in [0.3, 0.4) is 0 Å². The third kappa shape index (κ3) is 13.8. The number of carbonyl (C=O) groups excluding carboxylic acids is 1. The number of hydrogen-bond donors (Lipinski definition) is 5. The van der Waals surface area contributed by atoms with Crippen molar-refractivity contribution < 1.29 is 149 Å². The summed E-state index contributed by atoms with van der Waals surface area (Å²) in [6, 6.07) is 43.3. The zero-order valence-electron chi connectivity index (χ0n) is 29.7. The van der Waals surface area contributed by atoms with Crippen LogP contribution in [0.1, 0.15) is 8.85 Å². The van der Waals surface area contributed by atoms with E-state index >= 15 is 0 Å².